The lowest BCUT2D eigenvalue weighted by Crippen LogP contribution is -1.74. The quantitative estimate of drug-likeness (QED) is 0.648. The van der Waals surface area contributed by atoms with Crippen LogP contribution < -0.4 is 0 Å². The van der Waals surface area contributed by atoms with Crippen LogP contribution in [-0.2, 0) is 6.42 Å². The molecule has 2 aromatic rings. The van der Waals surface area contributed by atoms with Gasteiger partial charge < -0.3 is 0 Å². The van der Waals surface area contributed by atoms with Crippen LogP contribution >= 0.6 is 0 Å². The van der Waals surface area contributed by atoms with Crippen molar-refractivity contribution in [1.82, 2.24) is 0 Å². The summed E-state index contributed by atoms with van der Waals surface area (Å²) in [4.78, 5) is 0. The van der Waals surface area contributed by atoms with Crippen LogP contribution in [0, 0.1) is 13.8 Å². The first-order valence-corrected chi connectivity index (χ1v) is 5.03. The topological polar surface area (TPSA) is 0 Å². The van der Waals surface area contributed by atoms with Crippen LogP contribution in [0.4, 0.5) is 0 Å². The van der Waals surface area contributed by atoms with E-state index < -0.39 is 0 Å². The Kier molecular flexibility index (Phi) is 5.24. The second kappa shape index (κ2) is 6.83. The Labute approximate surface area is 92.6 Å². The minimum atomic E-state index is 0.890. The van der Waals surface area contributed by atoms with E-state index in [-0.39, 0.29) is 0 Å². The summed E-state index contributed by atoms with van der Waals surface area (Å²) >= 11 is 0. The first kappa shape index (κ1) is 11.5. The molecule has 0 saturated heterocycles. The maximum absolute atomic E-state index is 3.76. The highest BCUT2D eigenvalue weighted by Gasteiger charge is 1.80. The molecule has 0 heteroatoms. The van der Waals surface area contributed by atoms with Gasteiger partial charge in [0.05, 0.1) is 0 Å². The molecule has 0 fully saturated rings. The van der Waals surface area contributed by atoms with E-state index in [4.69, 9.17) is 0 Å². The minimum Gasteiger partial charge on any atom is -0.0622 e. The van der Waals surface area contributed by atoms with Gasteiger partial charge in [-0.3, -0.25) is 0 Å². The van der Waals surface area contributed by atoms with E-state index in [9.17, 15) is 0 Å². The van der Waals surface area contributed by atoms with Gasteiger partial charge in [0.25, 0.3) is 0 Å². The van der Waals surface area contributed by atoms with Crippen molar-refractivity contribution < 1.29 is 0 Å². The fourth-order valence-corrected chi connectivity index (χ4v) is 1.12. The molecular weight excluding hydrogens is 180 g/mol. The Hall–Kier alpha value is -1.56. The van der Waals surface area contributed by atoms with Gasteiger partial charge in [0.2, 0.25) is 0 Å². The van der Waals surface area contributed by atoms with Gasteiger partial charge in [0.1, 0.15) is 0 Å². The van der Waals surface area contributed by atoms with Crippen LogP contribution in [0.5, 0.6) is 0 Å². The number of rotatable bonds is 1. The molecule has 15 heavy (non-hydrogen) atoms. The molecule has 0 spiro atoms. The summed E-state index contributed by atoms with van der Waals surface area (Å²) < 4.78 is 0. The molecule has 76 valence electrons. The molecule has 0 atom stereocenters. The minimum absolute atomic E-state index is 0.890. The molecule has 2 aromatic carbocycles. The molecule has 0 aliphatic heterocycles. The summed E-state index contributed by atoms with van der Waals surface area (Å²) in [6.07, 6.45) is 0.890. The van der Waals surface area contributed by atoms with E-state index in [0.29, 0.717) is 0 Å². The van der Waals surface area contributed by atoms with Gasteiger partial charge in [-0.25, -0.2) is 0 Å². The van der Waals surface area contributed by atoms with Crippen molar-refractivity contribution in [3.05, 3.63) is 85.6 Å². The highest BCUT2D eigenvalue weighted by Crippen LogP contribution is 1.96. The molecule has 0 saturated carbocycles. The summed E-state index contributed by atoms with van der Waals surface area (Å²) in [5.41, 5.74) is 2.37. The van der Waals surface area contributed by atoms with Gasteiger partial charge in [-0.2, -0.15) is 0 Å². The lowest BCUT2D eigenvalue weighted by Gasteiger charge is -1.89. The van der Waals surface area contributed by atoms with Crippen LogP contribution in [0.3, 0.4) is 0 Å². The zero-order chi connectivity index (χ0) is 10.9. The number of hydrogen-bond donors (Lipinski definition) is 0. The van der Waals surface area contributed by atoms with Crippen LogP contribution in [-0.4, -0.2) is 0 Å². The standard InChI is InChI=1S/C8H9.C7H7/c1-2-8-6-4-3-5-7-8;1-7-5-3-2-4-6-7/h3-7H,1-2H2;2-6H,1H2. The molecule has 0 heterocycles. The van der Waals surface area contributed by atoms with Crippen molar-refractivity contribution in [2.24, 2.45) is 0 Å². The average molecular weight is 196 g/mol. The first-order valence-electron chi connectivity index (χ1n) is 5.03. The largest absolute Gasteiger partial charge is 0.0622 e. The van der Waals surface area contributed by atoms with Crippen molar-refractivity contribution in [3.63, 3.8) is 0 Å². The van der Waals surface area contributed by atoms with Gasteiger partial charge in [-0.1, -0.05) is 60.7 Å². The van der Waals surface area contributed by atoms with Crippen molar-refractivity contribution in [2.45, 2.75) is 6.42 Å². The van der Waals surface area contributed by atoms with E-state index in [1.807, 2.05) is 48.5 Å². The Morgan fingerprint density at radius 3 is 1.47 bits per heavy atom. The zero-order valence-electron chi connectivity index (χ0n) is 8.89. The van der Waals surface area contributed by atoms with Gasteiger partial charge in [-0.05, 0) is 31.4 Å². The van der Waals surface area contributed by atoms with Gasteiger partial charge in [0.15, 0.2) is 0 Å². The van der Waals surface area contributed by atoms with Gasteiger partial charge in [-0.15, -0.1) is 0 Å². The molecule has 0 amide bonds. The molecule has 2 rings (SSSR count). The van der Waals surface area contributed by atoms with Crippen molar-refractivity contribution in [2.75, 3.05) is 0 Å². The van der Waals surface area contributed by atoms with Crippen molar-refractivity contribution >= 4 is 0 Å². The van der Waals surface area contributed by atoms with Crippen LogP contribution in [0.2, 0.25) is 0 Å². The number of benzene rings is 2. The molecule has 0 aromatic heterocycles. The fourth-order valence-electron chi connectivity index (χ4n) is 1.12. The summed E-state index contributed by atoms with van der Waals surface area (Å²) in [7, 11) is 0. The smallest absolute Gasteiger partial charge is 0.0238 e. The first-order chi connectivity index (χ1) is 7.33. The SMILES string of the molecule is [CH2]Cc1ccccc1.[CH2]c1ccccc1. The van der Waals surface area contributed by atoms with E-state index in [1.165, 1.54) is 5.56 Å². The summed E-state index contributed by atoms with van der Waals surface area (Å²) in [6.45, 7) is 7.48. The molecule has 0 aliphatic rings. The highest BCUT2D eigenvalue weighted by molar-refractivity contribution is 5.16. The molecule has 0 nitrogen and oxygen atoms in total. The molecule has 0 aliphatic carbocycles. The average Bonchev–Trinajstić information content (AvgIpc) is 2.32. The molecule has 0 bridgehead atoms. The second-order valence-electron chi connectivity index (χ2n) is 3.22. The van der Waals surface area contributed by atoms with E-state index in [1.54, 1.807) is 0 Å². The highest BCUT2D eigenvalue weighted by atomic mass is 13.9. The van der Waals surface area contributed by atoms with Gasteiger partial charge in [0, 0.05) is 0 Å². The van der Waals surface area contributed by atoms with Crippen LogP contribution in [0.1, 0.15) is 11.1 Å². The predicted octanol–water partition coefficient (Wildman–Crippen LogP) is 3.93. The summed E-state index contributed by atoms with van der Waals surface area (Å²) in [6, 6.07) is 20.1. The number of hydrogen-bond acceptors (Lipinski definition) is 0. The second-order valence-corrected chi connectivity index (χ2v) is 3.22. The fraction of sp³-hybridized carbons (Fsp3) is 0.0667. The van der Waals surface area contributed by atoms with Crippen LogP contribution in [0.25, 0.3) is 0 Å². The third kappa shape index (κ3) is 5.02. The maximum Gasteiger partial charge on any atom is -0.0238 e. The lowest BCUT2D eigenvalue weighted by molar-refractivity contribution is 1.27. The monoisotopic (exact) mass is 196 g/mol. The predicted molar refractivity (Wildman–Crippen MR) is 66.4 cm³/mol. The lowest BCUT2D eigenvalue weighted by atomic mass is 10.2. The zero-order valence-corrected chi connectivity index (χ0v) is 8.89. The van der Waals surface area contributed by atoms with E-state index >= 15 is 0 Å². The third-order valence-electron chi connectivity index (χ3n) is 1.97. The molecule has 0 N–H and O–H groups in total. The Balaban J connectivity index is 0.000000151. The Bertz CT molecular complexity index is 348. The molecule has 0 unspecified atom stereocenters. The van der Waals surface area contributed by atoms with Crippen LogP contribution in [0.15, 0.2) is 60.7 Å². The Morgan fingerprint density at radius 1 is 0.733 bits per heavy atom. The third-order valence-corrected chi connectivity index (χ3v) is 1.97. The molecule has 2 radical (unpaired) electrons. The van der Waals surface area contributed by atoms with Crippen molar-refractivity contribution in [3.8, 4) is 0 Å². The maximum atomic E-state index is 3.76. The van der Waals surface area contributed by atoms with Crippen molar-refractivity contribution in [1.29, 1.82) is 0 Å². The normalized spacial score (nSPS) is 8.93. The summed E-state index contributed by atoms with van der Waals surface area (Å²) in [5.74, 6) is 0. The van der Waals surface area contributed by atoms with Gasteiger partial charge >= 0.3 is 0 Å². The Morgan fingerprint density at radius 2 is 1.20 bits per heavy atom. The molecular formula is C15H16. The van der Waals surface area contributed by atoms with E-state index in [2.05, 4.69) is 26.0 Å². The van der Waals surface area contributed by atoms with E-state index in [0.717, 1.165) is 12.0 Å². The summed E-state index contributed by atoms with van der Waals surface area (Å²) in [5, 5.41) is 0.